The number of carbonyl (C=O) groups is 1. The van der Waals surface area contributed by atoms with Crippen LogP contribution in [0.5, 0.6) is 0 Å². The molecule has 1 N–H and O–H groups in total. The molecule has 7 nitrogen and oxygen atoms in total. The summed E-state index contributed by atoms with van der Waals surface area (Å²) in [5.74, 6) is -0.595. The molecule has 0 radical (unpaired) electrons. The highest BCUT2D eigenvalue weighted by Gasteiger charge is 2.30. The fraction of sp³-hybridized carbons (Fsp3) is 0.280. The van der Waals surface area contributed by atoms with Gasteiger partial charge in [0.15, 0.2) is 10.7 Å². The molecule has 9 heteroatoms. The van der Waals surface area contributed by atoms with E-state index >= 15 is 0 Å². The molecule has 1 aliphatic carbocycles. The van der Waals surface area contributed by atoms with Crippen LogP contribution in [0.25, 0.3) is 17.2 Å². The molecule has 2 aromatic carbocycles. The fourth-order valence-corrected chi connectivity index (χ4v) is 5.40. The van der Waals surface area contributed by atoms with E-state index in [9.17, 15) is 17.6 Å². The summed E-state index contributed by atoms with van der Waals surface area (Å²) in [5, 5.41) is 6.62. The summed E-state index contributed by atoms with van der Waals surface area (Å²) in [6, 6.07) is 8.11. The van der Waals surface area contributed by atoms with Crippen molar-refractivity contribution in [1.29, 1.82) is 0 Å². The Balaban J connectivity index is 1.75. The number of rotatable bonds is 7. The lowest BCUT2D eigenvalue weighted by Crippen LogP contribution is -2.28. The smallest absolute Gasteiger partial charge is 0.269 e. The molecule has 0 saturated heterocycles. The topological polar surface area (TPSA) is 92.5 Å². The average molecular weight is 484 g/mol. The highest BCUT2D eigenvalue weighted by molar-refractivity contribution is 7.92. The van der Waals surface area contributed by atoms with Crippen LogP contribution in [0.1, 0.15) is 45.8 Å². The Labute approximate surface area is 198 Å². The van der Waals surface area contributed by atoms with Gasteiger partial charge in [0.25, 0.3) is 15.9 Å². The summed E-state index contributed by atoms with van der Waals surface area (Å²) in [5.41, 5.74) is 3.01. The molecule has 34 heavy (non-hydrogen) atoms. The van der Waals surface area contributed by atoms with Gasteiger partial charge >= 0.3 is 0 Å². The van der Waals surface area contributed by atoms with Crippen LogP contribution in [0.4, 0.5) is 10.1 Å². The van der Waals surface area contributed by atoms with Crippen LogP contribution < -0.4 is 9.62 Å². The third kappa shape index (κ3) is 4.23. The fourth-order valence-electron chi connectivity index (χ4n) is 3.89. The lowest BCUT2D eigenvalue weighted by atomic mass is 9.95. The molecule has 1 fully saturated rings. The zero-order valence-electron chi connectivity index (χ0n) is 19.5. The second kappa shape index (κ2) is 8.72. The van der Waals surface area contributed by atoms with Crippen molar-refractivity contribution in [3.05, 3.63) is 70.9 Å². The van der Waals surface area contributed by atoms with Crippen molar-refractivity contribution >= 4 is 27.7 Å². The highest BCUT2D eigenvalue weighted by Crippen LogP contribution is 2.34. The Morgan fingerprint density at radius 3 is 2.53 bits per heavy atom. The highest BCUT2D eigenvalue weighted by atomic mass is 32.2. The van der Waals surface area contributed by atoms with Gasteiger partial charge in [-0.3, -0.25) is 9.10 Å². The number of carbonyl (C=O) groups excluding carboxylic acids is 1. The summed E-state index contributed by atoms with van der Waals surface area (Å²) in [7, 11) is -2.50. The Morgan fingerprint density at radius 1 is 1.24 bits per heavy atom. The van der Waals surface area contributed by atoms with Gasteiger partial charge in [0.05, 0.1) is 5.69 Å². The van der Waals surface area contributed by atoms with Crippen molar-refractivity contribution in [3.63, 3.8) is 0 Å². The molecule has 4 rings (SSSR count). The van der Waals surface area contributed by atoms with Crippen LogP contribution in [0.15, 0.2) is 46.3 Å². The molecular formula is C25H26FN3O4S. The lowest BCUT2D eigenvalue weighted by molar-refractivity contribution is 0.0950. The third-order valence-corrected chi connectivity index (χ3v) is 8.02. The summed E-state index contributed by atoms with van der Waals surface area (Å²) < 4.78 is 47.4. The van der Waals surface area contributed by atoms with Gasteiger partial charge in [0.1, 0.15) is 11.5 Å². The number of halogens is 1. The van der Waals surface area contributed by atoms with Gasteiger partial charge in [-0.2, -0.15) is 0 Å². The Bertz CT molecular complexity index is 1390. The molecule has 1 aliphatic rings. The van der Waals surface area contributed by atoms with Crippen molar-refractivity contribution in [1.82, 2.24) is 10.5 Å². The van der Waals surface area contributed by atoms with E-state index < -0.39 is 15.8 Å². The van der Waals surface area contributed by atoms with Crippen molar-refractivity contribution in [3.8, 4) is 11.1 Å². The Morgan fingerprint density at radius 2 is 1.94 bits per heavy atom. The standard InChI is InChI=1S/C25H26FN3O4S/c1-6-17-11-18(21-12-19(13-22(26)14(21)2)25(30)27-20-8-9-20)7-10-23(17)29(5)34(31,32)24-15(3)28-33-16(24)4/h6-7,10-13,20H,1,8-9H2,2-5H3,(H,27,30). The molecule has 178 valence electrons. The van der Waals surface area contributed by atoms with E-state index in [-0.39, 0.29) is 33.9 Å². The van der Waals surface area contributed by atoms with E-state index in [0.29, 0.717) is 27.9 Å². The second-order valence-electron chi connectivity index (χ2n) is 8.48. The second-order valence-corrected chi connectivity index (χ2v) is 10.4. The first-order valence-electron chi connectivity index (χ1n) is 10.8. The third-order valence-electron chi connectivity index (χ3n) is 6.00. The van der Waals surface area contributed by atoms with Gasteiger partial charge in [-0.1, -0.05) is 23.9 Å². The van der Waals surface area contributed by atoms with Crippen molar-refractivity contribution in [2.75, 3.05) is 11.4 Å². The maximum absolute atomic E-state index is 14.7. The molecular weight excluding hydrogens is 457 g/mol. The molecule has 0 bridgehead atoms. The molecule has 0 aliphatic heterocycles. The van der Waals surface area contributed by atoms with E-state index in [1.165, 1.54) is 19.2 Å². The average Bonchev–Trinajstić information content (AvgIpc) is 3.55. The van der Waals surface area contributed by atoms with Gasteiger partial charge in [0, 0.05) is 18.7 Å². The summed E-state index contributed by atoms with van der Waals surface area (Å²) in [4.78, 5) is 12.5. The Hall–Kier alpha value is -3.46. The molecule has 1 heterocycles. The van der Waals surface area contributed by atoms with Crippen molar-refractivity contribution < 1.29 is 22.1 Å². The zero-order chi connectivity index (χ0) is 24.8. The summed E-state index contributed by atoms with van der Waals surface area (Å²) in [6.45, 7) is 8.58. The molecule has 0 unspecified atom stereocenters. The number of amides is 1. The molecule has 1 amide bonds. The van der Waals surface area contributed by atoms with Gasteiger partial charge in [0.2, 0.25) is 0 Å². The largest absolute Gasteiger partial charge is 0.360 e. The number of hydrogen-bond acceptors (Lipinski definition) is 5. The minimum absolute atomic E-state index is 0.0152. The molecule has 3 aromatic rings. The monoisotopic (exact) mass is 483 g/mol. The molecule has 0 atom stereocenters. The number of anilines is 1. The number of nitrogens with zero attached hydrogens (tertiary/aromatic N) is 2. The van der Waals surface area contributed by atoms with Crippen molar-refractivity contribution in [2.45, 2.75) is 44.6 Å². The molecule has 1 aromatic heterocycles. The van der Waals surface area contributed by atoms with E-state index in [1.54, 1.807) is 45.0 Å². The minimum Gasteiger partial charge on any atom is -0.360 e. The maximum Gasteiger partial charge on any atom is 0.269 e. The number of sulfonamides is 1. The lowest BCUT2D eigenvalue weighted by Gasteiger charge is -2.22. The first-order valence-corrected chi connectivity index (χ1v) is 12.3. The van der Waals surface area contributed by atoms with Crippen LogP contribution >= 0.6 is 0 Å². The minimum atomic E-state index is -3.94. The number of nitrogens with one attached hydrogen (secondary N) is 1. The summed E-state index contributed by atoms with van der Waals surface area (Å²) >= 11 is 0. The Kier molecular flexibility index (Phi) is 6.07. The first kappa shape index (κ1) is 23.7. The zero-order valence-corrected chi connectivity index (χ0v) is 20.3. The van der Waals surface area contributed by atoms with Crippen LogP contribution in [0.2, 0.25) is 0 Å². The molecule has 1 saturated carbocycles. The van der Waals surface area contributed by atoms with E-state index in [2.05, 4.69) is 17.1 Å². The van der Waals surface area contributed by atoms with Gasteiger partial charge < -0.3 is 9.84 Å². The van der Waals surface area contributed by atoms with Gasteiger partial charge in [-0.05, 0) is 80.1 Å². The van der Waals surface area contributed by atoms with Crippen molar-refractivity contribution in [2.24, 2.45) is 0 Å². The van der Waals surface area contributed by atoms with Crippen LogP contribution in [0, 0.1) is 26.6 Å². The normalized spacial score (nSPS) is 13.6. The van der Waals surface area contributed by atoms with Crippen LogP contribution in [-0.4, -0.2) is 32.6 Å². The van der Waals surface area contributed by atoms with Crippen LogP contribution in [0.3, 0.4) is 0 Å². The summed E-state index contributed by atoms with van der Waals surface area (Å²) in [6.07, 6.45) is 3.40. The predicted octanol–water partition coefficient (Wildman–Crippen LogP) is 4.77. The quantitative estimate of drug-likeness (QED) is 0.523. The van der Waals surface area contributed by atoms with Gasteiger partial charge in [-0.15, -0.1) is 0 Å². The van der Waals surface area contributed by atoms with E-state index in [4.69, 9.17) is 4.52 Å². The van der Waals surface area contributed by atoms with E-state index in [1.807, 2.05) is 0 Å². The number of aryl methyl sites for hydroxylation is 2. The predicted molar refractivity (Wildman–Crippen MR) is 129 cm³/mol. The number of aromatic nitrogens is 1. The molecule has 0 spiro atoms. The maximum atomic E-state index is 14.7. The number of hydrogen-bond donors (Lipinski definition) is 1. The van der Waals surface area contributed by atoms with Crippen LogP contribution in [-0.2, 0) is 10.0 Å². The number of benzene rings is 2. The first-order chi connectivity index (χ1) is 16.0. The van der Waals surface area contributed by atoms with Gasteiger partial charge in [-0.25, -0.2) is 12.8 Å². The van der Waals surface area contributed by atoms with E-state index in [0.717, 1.165) is 17.1 Å². The SMILES string of the molecule is C=Cc1cc(-c2cc(C(=O)NC3CC3)cc(F)c2C)ccc1N(C)S(=O)(=O)c1c(C)noc1C.